The molecule has 0 aliphatic carbocycles. The molecule has 0 radical (unpaired) electrons. The zero-order valence-corrected chi connectivity index (χ0v) is 14.5. The second-order valence-corrected chi connectivity index (χ2v) is 6.36. The summed E-state index contributed by atoms with van der Waals surface area (Å²) in [5.41, 5.74) is 2.47. The molecule has 0 saturated carbocycles. The molecule has 1 aromatic heterocycles. The Bertz CT molecular complexity index is 584. The van der Waals surface area contributed by atoms with Gasteiger partial charge in [-0.1, -0.05) is 37.3 Å². The van der Waals surface area contributed by atoms with E-state index in [0.29, 0.717) is 12.5 Å². The lowest BCUT2D eigenvalue weighted by molar-refractivity contribution is 0.265. The number of nitrogens with zero attached hydrogens (tertiary/aromatic N) is 1. The molecule has 124 valence electrons. The van der Waals surface area contributed by atoms with Crippen LogP contribution in [0.25, 0.3) is 0 Å². The maximum atomic E-state index is 9.61. The van der Waals surface area contributed by atoms with Crippen molar-refractivity contribution in [2.45, 2.75) is 18.8 Å². The zero-order valence-electron chi connectivity index (χ0n) is 13.7. The molecule has 0 fully saturated rings. The number of thiophene rings is 1. The molecule has 3 N–H and O–H groups in total. The van der Waals surface area contributed by atoms with Crippen molar-refractivity contribution in [1.82, 2.24) is 10.6 Å². The van der Waals surface area contributed by atoms with E-state index >= 15 is 0 Å². The van der Waals surface area contributed by atoms with E-state index in [1.54, 1.807) is 18.4 Å². The number of hydrogen-bond acceptors (Lipinski definition) is 3. The fourth-order valence-corrected chi connectivity index (χ4v) is 3.16. The Morgan fingerprint density at radius 3 is 2.48 bits per heavy atom. The molecule has 1 heterocycles. The number of hydrogen-bond donors (Lipinski definition) is 3. The summed E-state index contributed by atoms with van der Waals surface area (Å²) in [4.78, 5) is 4.26. The summed E-state index contributed by atoms with van der Waals surface area (Å²) in [6.07, 6.45) is 0. The maximum absolute atomic E-state index is 9.61. The van der Waals surface area contributed by atoms with Crippen LogP contribution in [0.15, 0.2) is 52.2 Å². The highest BCUT2D eigenvalue weighted by atomic mass is 32.1. The topological polar surface area (TPSA) is 56.7 Å². The van der Waals surface area contributed by atoms with Crippen molar-refractivity contribution < 1.29 is 5.11 Å². The largest absolute Gasteiger partial charge is 0.396 e. The van der Waals surface area contributed by atoms with Crippen molar-refractivity contribution in [1.29, 1.82) is 0 Å². The van der Waals surface area contributed by atoms with E-state index in [-0.39, 0.29) is 12.5 Å². The van der Waals surface area contributed by atoms with Gasteiger partial charge >= 0.3 is 0 Å². The van der Waals surface area contributed by atoms with Gasteiger partial charge in [-0.15, -0.1) is 0 Å². The number of rotatable bonds is 7. The molecule has 2 atom stereocenters. The van der Waals surface area contributed by atoms with Crippen molar-refractivity contribution in [3.63, 3.8) is 0 Å². The Balaban J connectivity index is 1.82. The number of aliphatic hydroxyl groups excluding tert-OH is 1. The molecule has 2 aromatic rings. The van der Waals surface area contributed by atoms with Gasteiger partial charge < -0.3 is 15.7 Å². The van der Waals surface area contributed by atoms with Gasteiger partial charge in [0.15, 0.2) is 5.96 Å². The first-order valence-electron chi connectivity index (χ1n) is 7.87. The molecule has 0 bridgehead atoms. The summed E-state index contributed by atoms with van der Waals surface area (Å²) in [6.45, 7) is 3.78. The minimum absolute atomic E-state index is 0.0593. The second kappa shape index (κ2) is 9.33. The van der Waals surface area contributed by atoms with E-state index in [2.05, 4.69) is 39.4 Å². The summed E-state index contributed by atoms with van der Waals surface area (Å²) in [7, 11) is 1.76. The van der Waals surface area contributed by atoms with E-state index in [1.807, 2.05) is 30.3 Å². The van der Waals surface area contributed by atoms with Gasteiger partial charge in [0.2, 0.25) is 0 Å². The fourth-order valence-electron chi connectivity index (χ4n) is 2.38. The third-order valence-corrected chi connectivity index (χ3v) is 4.62. The van der Waals surface area contributed by atoms with Crippen LogP contribution in [0.4, 0.5) is 0 Å². The summed E-state index contributed by atoms with van der Waals surface area (Å²) in [5.74, 6) is 1.26. The number of guanidine groups is 1. The number of nitrogens with one attached hydrogen (secondary N) is 2. The van der Waals surface area contributed by atoms with Crippen LogP contribution in [-0.4, -0.2) is 37.8 Å². The molecule has 0 aliphatic heterocycles. The summed E-state index contributed by atoms with van der Waals surface area (Å²) in [5, 5.41) is 20.5. The molecular weight excluding hydrogens is 306 g/mol. The van der Waals surface area contributed by atoms with Crippen molar-refractivity contribution in [2.24, 2.45) is 4.99 Å². The van der Waals surface area contributed by atoms with Crippen LogP contribution < -0.4 is 10.6 Å². The third kappa shape index (κ3) is 5.37. The highest BCUT2D eigenvalue weighted by Crippen LogP contribution is 2.17. The Labute approximate surface area is 142 Å². The fraction of sp³-hybridized carbons (Fsp3) is 0.389. The summed E-state index contributed by atoms with van der Waals surface area (Å²) in [6, 6.07) is 12.2. The molecule has 0 amide bonds. The van der Waals surface area contributed by atoms with Gasteiger partial charge in [-0.2, -0.15) is 11.3 Å². The van der Waals surface area contributed by atoms with Crippen LogP contribution in [0.3, 0.4) is 0 Å². The molecule has 23 heavy (non-hydrogen) atoms. The Hall–Kier alpha value is -1.85. The second-order valence-electron chi connectivity index (χ2n) is 5.58. The van der Waals surface area contributed by atoms with Gasteiger partial charge in [-0.25, -0.2) is 0 Å². The highest BCUT2D eigenvalue weighted by molar-refractivity contribution is 7.07. The minimum Gasteiger partial charge on any atom is -0.396 e. The van der Waals surface area contributed by atoms with Crippen molar-refractivity contribution in [3.8, 4) is 0 Å². The number of aliphatic hydroxyl groups is 1. The summed E-state index contributed by atoms with van der Waals surface area (Å²) < 4.78 is 0. The molecular formula is C18H25N3OS. The van der Waals surface area contributed by atoms with Crippen LogP contribution in [0.1, 0.15) is 29.9 Å². The first-order chi connectivity index (χ1) is 11.2. The number of aliphatic imine (C=N–C) groups is 1. The summed E-state index contributed by atoms with van der Waals surface area (Å²) >= 11 is 1.72. The Kier molecular flexibility index (Phi) is 7.10. The van der Waals surface area contributed by atoms with E-state index < -0.39 is 0 Å². The zero-order chi connectivity index (χ0) is 16.5. The lowest BCUT2D eigenvalue weighted by Gasteiger charge is -2.19. The molecule has 5 heteroatoms. The maximum Gasteiger partial charge on any atom is 0.191 e. The molecule has 2 unspecified atom stereocenters. The van der Waals surface area contributed by atoms with Gasteiger partial charge in [0.25, 0.3) is 0 Å². The number of benzene rings is 1. The van der Waals surface area contributed by atoms with Gasteiger partial charge in [0.05, 0.1) is 6.61 Å². The van der Waals surface area contributed by atoms with E-state index in [4.69, 9.17) is 0 Å². The van der Waals surface area contributed by atoms with Crippen LogP contribution in [0.5, 0.6) is 0 Å². The first kappa shape index (κ1) is 17.5. The predicted octanol–water partition coefficient (Wildman–Crippen LogP) is 2.79. The van der Waals surface area contributed by atoms with Crippen molar-refractivity contribution in [2.75, 3.05) is 26.7 Å². The van der Waals surface area contributed by atoms with Crippen LogP contribution in [0.2, 0.25) is 0 Å². The molecule has 4 nitrogen and oxygen atoms in total. The normalized spacial score (nSPS) is 14.3. The lowest BCUT2D eigenvalue weighted by Crippen LogP contribution is -2.41. The average Bonchev–Trinajstić information content (AvgIpc) is 3.13. The van der Waals surface area contributed by atoms with E-state index in [0.717, 1.165) is 18.1 Å². The van der Waals surface area contributed by atoms with Gasteiger partial charge in [0, 0.05) is 26.1 Å². The molecule has 2 rings (SSSR count). The monoisotopic (exact) mass is 331 g/mol. The minimum atomic E-state index is 0.0593. The molecule has 1 aromatic carbocycles. The van der Waals surface area contributed by atoms with Gasteiger partial charge in [0.1, 0.15) is 0 Å². The van der Waals surface area contributed by atoms with Crippen LogP contribution in [-0.2, 0) is 0 Å². The van der Waals surface area contributed by atoms with Crippen molar-refractivity contribution in [3.05, 3.63) is 58.3 Å². The highest BCUT2D eigenvalue weighted by Gasteiger charge is 2.11. The predicted molar refractivity (Wildman–Crippen MR) is 98.4 cm³/mol. The van der Waals surface area contributed by atoms with Gasteiger partial charge in [-0.05, 0) is 33.9 Å². The standard InChI is InChI=1S/C18H25N3OS/c1-14(16-8-9-23-13-16)10-20-18(19-2)21-11-17(12-22)15-6-4-3-5-7-15/h3-9,13-14,17,22H,10-12H2,1-2H3,(H2,19,20,21). The van der Waals surface area contributed by atoms with E-state index in [1.165, 1.54) is 5.56 Å². The Morgan fingerprint density at radius 2 is 1.87 bits per heavy atom. The molecule has 0 aliphatic rings. The third-order valence-electron chi connectivity index (χ3n) is 3.92. The molecule has 0 spiro atoms. The van der Waals surface area contributed by atoms with E-state index in [9.17, 15) is 5.11 Å². The Morgan fingerprint density at radius 1 is 1.13 bits per heavy atom. The van der Waals surface area contributed by atoms with Crippen molar-refractivity contribution >= 4 is 17.3 Å². The van der Waals surface area contributed by atoms with Gasteiger partial charge in [-0.3, -0.25) is 4.99 Å². The quantitative estimate of drug-likeness (QED) is 0.540. The van der Waals surface area contributed by atoms with Crippen LogP contribution in [0, 0.1) is 0 Å². The lowest BCUT2D eigenvalue weighted by atomic mass is 10.0. The first-order valence-corrected chi connectivity index (χ1v) is 8.81. The average molecular weight is 331 g/mol. The molecule has 0 saturated heterocycles. The van der Waals surface area contributed by atoms with Crippen LogP contribution >= 0.6 is 11.3 Å². The smallest absolute Gasteiger partial charge is 0.191 e. The SMILES string of the molecule is CN=C(NCC(C)c1ccsc1)NCC(CO)c1ccccc1.